The van der Waals surface area contributed by atoms with Crippen molar-refractivity contribution in [1.82, 2.24) is 10.2 Å². The van der Waals surface area contributed by atoms with E-state index in [0.29, 0.717) is 16.9 Å². The highest BCUT2D eigenvalue weighted by Gasteiger charge is 2.45. The van der Waals surface area contributed by atoms with E-state index >= 15 is 0 Å². The lowest BCUT2D eigenvalue weighted by Crippen LogP contribution is -2.42. The predicted molar refractivity (Wildman–Crippen MR) is 123 cm³/mol. The Hall–Kier alpha value is -4.12. The molecule has 0 bridgehead atoms. The largest absolute Gasteiger partial charge is 0.539 e. The van der Waals surface area contributed by atoms with Crippen LogP contribution in [0.2, 0.25) is 0 Å². The molecule has 2 heterocycles. The fourth-order valence-corrected chi connectivity index (χ4v) is 4.05. The van der Waals surface area contributed by atoms with Crippen LogP contribution in [-0.4, -0.2) is 38.9 Å². The quantitative estimate of drug-likeness (QED) is 0.306. The molecule has 11 heteroatoms. The van der Waals surface area contributed by atoms with E-state index in [2.05, 4.69) is 15.1 Å². The van der Waals surface area contributed by atoms with Gasteiger partial charge in [-0.3, -0.25) is 19.3 Å². The second-order valence-electron chi connectivity index (χ2n) is 7.75. The Morgan fingerprint density at radius 3 is 2.44 bits per heavy atom. The molecule has 2 aromatic carbocycles. The van der Waals surface area contributed by atoms with E-state index in [-0.39, 0.29) is 35.5 Å². The van der Waals surface area contributed by atoms with Crippen molar-refractivity contribution >= 4 is 46.3 Å². The molecule has 1 aromatic heterocycles. The number of para-hydroxylation sites is 1. The molecule has 1 aliphatic rings. The molecule has 1 aliphatic heterocycles. The minimum Gasteiger partial charge on any atom is -0.539 e. The molecule has 10 nitrogen and oxygen atoms in total. The lowest BCUT2D eigenvalue weighted by molar-refractivity contribution is -0.746. The number of hydrogen-bond acceptors (Lipinski definition) is 7. The maximum Gasteiger partial charge on any atom is 0.256 e. The molecule has 0 saturated carbocycles. The van der Waals surface area contributed by atoms with Gasteiger partial charge in [-0.25, -0.2) is 0 Å². The number of ketones is 1. The summed E-state index contributed by atoms with van der Waals surface area (Å²) in [5, 5.41) is 18.6. The van der Waals surface area contributed by atoms with Crippen LogP contribution in [0.3, 0.4) is 0 Å². The van der Waals surface area contributed by atoms with E-state index in [0.717, 1.165) is 0 Å². The molecule has 3 aromatic rings. The fraction of sp³-hybridized carbons (Fsp3) is 0.217. The number of Topliss-reactive ketones (excluding diaryl/α,β-unsaturated/α-hetero) is 1. The molecule has 1 saturated heterocycles. The number of benzene rings is 2. The Bertz CT molecular complexity index is 1240. The SMILES string of the molecule is CC(=O)c1ccc(NC(=O)CC2C(=O)N(c3ccccc3)C(=S)N2Cc2c([O-])on[n+]2C)cc1. The number of rotatable bonds is 7. The van der Waals surface area contributed by atoms with Crippen molar-refractivity contribution in [1.29, 1.82) is 0 Å². The molecular weight excluding hydrogens is 458 g/mol. The number of nitrogens with one attached hydrogen (secondary N) is 1. The smallest absolute Gasteiger partial charge is 0.256 e. The van der Waals surface area contributed by atoms with Gasteiger partial charge in [0.25, 0.3) is 11.6 Å². The predicted octanol–water partition coefficient (Wildman–Crippen LogP) is 1.31. The van der Waals surface area contributed by atoms with Crippen LogP contribution >= 0.6 is 12.2 Å². The minimum atomic E-state index is -0.946. The molecule has 2 amide bonds. The van der Waals surface area contributed by atoms with Crippen LogP contribution in [0.25, 0.3) is 0 Å². The van der Waals surface area contributed by atoms with Gasteiger partial charge in [0.05, 0.1) is 17.4 Å². The highest BCUT2D eigenvalue weighted by Crippen LogP contribution is 2.29. The van der Waals surface area contributed by atoms with Crippen LogP contribution in [0, 0.1) is 0 Å². The number of aryl methyl sites for hydroxylation is 1. The fourth-order valence-electron chi connectivity index (χ4n) is 3.66. The van der Waals surface area contributed by atoms with Crippen molar-refractivity contribution in [2.45, 2.75) is 25.9 Å². The summed E-state index contributed by atoms with van der Waals surface area (Å²) < 4.78 is 5.96. The third-order valence-electron chi connectivity index (χ3n) is 5.48. The number of thiocarbonyl (C=S) groups is 1. The Labute approximate surface area is 200 Å². The average molecular weight is 480 g/mol. The van der Waals surface area contributed by atoms with Crippen molar-refractivity contribution in [3.8, 4) is 5.95 Å². The summed E-state index contributed by atoms with van der Waals surface area (Å²) in [6, 6.07) is 14.3. The minimum absolute atomic E-state index is 0.0575. The first-order valence-electron chi connectivity index (χ1n) is 10.4. The molecule has 4 rings (SSSR count). The number of carbonyl (C=O) groups is 3. The summed E-state index contributed by atoms with van der Waals surface area (Å²) in [6.07, 6.45) is -0.208. The second-order valence-corrected chi connectivity index (χ2v) is 8.12. The monoisotopic (exact) mass is 479 g/mol. The molecule has 0 spiro atoms. The van der Waals surface area contributed by atoms with Gasteiger partial charge in [0.15, 0.2) is 23.9 Å². The highest BCUT2D eigenvalue weighted by molar-refractivity contribution is 7.80. The summed E-state index contributed by atoms with van der Waals surface area (Å²) in [7, 11) is 1.54. The summed E-state index contributed by atoms with van der Waals surface area (Å²) >= 11 is 5.58. The van der Waals surface area contributed by atoms with Crippen LogP contribution in [0.15, 0.2) is 59.1 Å². The van der Waals surface area contributed by atoms with Gasteiger partial charge < -0.3 is 19.8 Å². The molecule has 34 heavy (non-hydrogen) atoms. The first-order valence-corrected chi connectivity index (χ1v) is 10.8. The zero-order chi connectivity index (χ0) is 24.4. The summed E-state index contributed by atoms with van der Waals surface area (Å²) in [5.74, 6) is -1.54. The number of nitrogens with zero attached hydrogens (tertiary/aromatic N) is 4. The van der Waals surface area contributed by atoms with Gasteiger partial charge in [0, 0.05) is 11.3 Å². The van der Waals surface area contributed by atoms with E-state index in [1.807, 2.05) is 6.07 Å². The van der Waals surface area contributed by atoms with E-state index in [4.69, 9.17) is 12.2 Å². The molecule has 0 radical (unpaired) electrons. The summed E-state index contributed by atoms with van der Waals surface area (Å²) in [6.45, 7) is 1.40. The van der Waals surface area contributed by atoms with Crippen LogP contribution < -0.4 is 20.0 Å². The summed E-state index contributed by atoms with van der Waals surface area (Å²) in [4.78, 5) is 40.6. The van der Waals surface area contributed by atoms with Gasteiger partial charge in [-0.05, 0) is 55.5 Å². The Kier molecular flexibility index (Phi) is 6.37. The highest BCUT2D eigenvalue weighted by atomic mass is 32.1. The Morgan fingerprint density at radius 2 is 1.85 bits per heavy atom. The molecule has 1 N–H and O–H groups in total. The molecule has 1 fully saturated rings. The molecular formula is C23H21N5O5S. The van der Waals surface area contributed by atoms with E-state index in [9.17, 15) is 19.5 Å². The molecule has 1 unspecified atom stereocenters. The normalized spacial score (nSPS) is 15.6. The van der Waals surface area contributed by atoms with Crippen LogP contribution in [0.5, 0.6) is 5.95 Å². The maximum atomic E-state index is 13.4. The van der Waals surface area contributed by atoms with Crippen LogP contribution in [0.1, 0.15) is 29.4 Å². The Balaban J connectivity index is 1.59. The zero-order valence-corrected chi connectivity index (χ0v) is 19.2. The lowest BCUT2D eigenvalue weighted by Gasteiger charge is -2.22. The third kappa shape index (κ3) is 4.50. The molecule has 0 aliphatic carbocycles. The van der Waals surface area contributed by atoms with Crippen molar-refractivity contribution in [3.63, 3.8) is 0 Å². The van der Waals surface area contributed by atoms with Crippen molar-refractivity contribution in [2.24, 2.45) is 7.05 Å². The number of amides is 2. The first kappa shape index (κ1) is 23.1. The number of aromatic nitrogens is 2. The maximum absolute atomic E-state index is 13.4. The standard InChI is InChI=1S/C23H21N5O5S/c1-14(29)15-8-10-16(11-9-15)24-20(30)12-18-21(31)28(17-6-4-3-5-7-17)23(34)27(18)13-19-22(32)33-25-26(19)2/h3-11,18H,12-13H2,1-2H3,(H-,24,25,29,30,32). The van der Waals surface area contributed by atoms with Crippen molar-refractivity contribution < 1.29 is 28.7 Å². The summed E-state index contributed by atoms with van der Waals surface area (Å²) in [5.41, 5.74) is 1.76. The van der Waals surface area contributed by atoms with Gasteiger partial charge in [-0.15, -0.1) is 0 Å². The van der Waals surface area contributed by atoms with Gasteiger partial charge in [0.1, 0.15) is 12.6 Å². The van der Waals surface area contributed by atoms with E-state index in [1.54, 1.807) is 55.6 Å². The van der Waals surface area contributed by atoms with E-state index in [1.165, 1.54) is 21.4 Å². The third-order valence-corrected chi connectivity index (χ3v) is 5.90. The van der Waals surface area contributed by atoms with Gasteiger partial charge in [0.2, 0.25) is 5.91 Å². The number of carbonyl (C=O) groups excluding carboxylic acids is 3. The number of anilines is 2. The average Bonchev–Trinajstić information content (AvgIpc) is 3.25. The second kappa shape index (κ2) is 9.40. The van der Waals surface area contributed by atoms with E-state index < -0.39 is 17.9 Å². The van der Waals surface area contributed by atoms with Crippen molar-refractivity contribution in [2.75, 3.05) is 10.2 Å². The number of hydrogen-bond donors (Lipinski definition) is 1. The lowest BCUT2D eigenvalue weighted by atomic mass is 10.1. The van der Waals surface area contributed by atoms with Crippen molar-refractivity contribution in [3.05, 3.63) is 65.9 Å². The van der Waals surface area contributed by atoms with Gasteiger partial charge >= 0.3 is 0 Å². The molecule has 1 atom stereocenters. The first-order chi connectivity index (χ1) is 16.3. The topological polar surface area (TPSA) is 123 Å². The van der Waals surface area contributed by atoms with Crippen LogP contribution in [0.4, 0.5) is 11.4 Å². The van der Waals surface area contributed by atoms with Crippen LogP contribution in [-0.2, 0) is 23.2 Å². The molecule has 174 valence electrons. The van der Waals surface area contributed by atoms with Gasteiger partial charge in [-0.2, -0.15) is 0 Å². The zero-order valence-electron chi connectivity index (χ0n) is 18.4. The Morgan fingerprint density at radius 1 is 1.18 bits per heavy atom. The van der Waals surface area contributed by atoms with Gasteiger partial charge in [-0.1, -0.05) is 22.9 Å².